The summed E-state index contributed by atoms with van der Waals surface area (Å²) < 4.78 is 7.33. The number of fused-ring (bicyclic) bond motifs is 1. The summed E-state index contributed by atoms with van der Waals surface area (Å²) in [6.45, 7) is 5.42. The zero-order valence-electron chi connectivity index (χ0n) is 12.2. The first-order chi connectivity index (χ1) is 10.3. The molecule has 0 saturated carbocycles. The average Bonchev–Trinajstić information content (AvgIpc) is 2.93. The van der Waals surface area contributed by atoms with Gasteiger partial charge in [-0.25, -0.2) is 4.98 Å². The smallest absolute Gasteiger partial charge is 0.157 e. The van der Waals surface area contributed by atoms with E-state index in [9.17, 15) is 0 Å². The van der Waals surface area contributed by atoms with Gasteiger partial charge < -0.3 is 10.1 Å². The van der Waals surface area contributed by atoms with Gasteiger partial charge in [-0.05, 0) is 49.2 Å². The molecule has 3 aromatic rings. The van der Waals surface area contributed by atoms with E-state index in [1.165, 1.54) is 0 Å². The summed E-state index contributed by atoms with van der Waals surface area (Å²) in [5.74, 6) is 1.83. The fraction of sp³-hybridized carbons (Fsp3) is 0.250. The largest absolute Gasteiger partial charge is 0.494 e. The van der Waals surface area contributed by atoms with Crippen molar-refractivity contribution in [2.24, 2.45) is 0 Å². The molecule has 5 nitrogen and oxygen atoms in total. The molecule has 0 saturated heterocycles. The lowest BCUT2D eigenvalue weighted by molar-refractivity contribution is 0.340. The molecule has 0 unspecified atom stereocenters. The van der Waals surface area contributed by atoms with E-state index in [1.807, 2.05) is 31.2 Å². The van der Waals surface area contributed by atoms with E-state index in [0.29, 0.717) is 13.2 Å². The third kappa shape index (κ3) is 2.97. The molecule has 2 aromatic heterocycles. The number of aromatic nitrogens is 3. The predicted molar refractivity (Wildman–Crippen MR) is 82.7 cm³/mol. The number of aryl methyl sites for hydroxylation is 1. The Bertz CT molecular complexity index is 751. The van der Waals surface area contributed by atoms with Crippen LogP contribution in [0.25, 0.3) is 5.65 Å². The summed E-state index contributed by atoms with van der Waals surface area (Å²) in [6.07, 6.45) is 1.57. The van der Waals surface area contributed by atoms with Crippen molar-refractivity contribution in [1.29, 1.82) is 0 Å². The summed E-state index contributed by atoms with van der Waals surface area (Å²) in [4.78, 5) is 4.23. The van der Waals surface area contributed by atoms with Crippen LogP contribution in [0.1, 0.15) is 18.1 Å². The van der Waals surface area contributed by atoms with Crippen LogP contribution in [-0.2, 0) is 6.54 Å². The Morgan fingerprint density at radius 3 is 3.00 bits per heavy atom. The first-order valence-corrected chi connectivity index (χ1v) is 7.02. The summed E-state index contributed by atoms with van der Waals surface area (Å²) in [5, 5.41) is 7.64. The summed E-state index contributed by atoms with van der Waals surface area (Å²) in [5.41, 5.74) is 3.16. The van der Waals surface area contributed by atoms with Crippen molar-refractivity contribution in [2.45, 2.75) is 20.4 Å². The van der Waals surface area contributed by atoms with E-state index in [-0.39, 0.29) is 0 Å². The molecule has 0 bridgehead atoms. The maximum absolute atomic E-state index is 5.52. The summed E-state index contributed by atoms with van der Waals surface area (Å²) >= 11 is 0. The molecule has 21 heavy (non-hydrogen) atoms. The quantitative estimate of drug-likeness (QED) is 0.781. The normalized spacial score (nSPS) is 10.8. The minimum atomic E-state index is 0.675. The van der Waals surface area contributed by atoms with Crippen LogP contribution in [0.2, 0.25) is 0 Å². The van der Waals surface area contributed by atoms with Crippen LogP contribution in [0.4, 0.5) is 5.82 Å². The second-order valence-electron chi connectivity index (χ2n) is 4.88. The highest BCUT2D eigenvalue weighted by Gasteiger charge is 2.04. The van der Waals surface area contributed by atoms with Crippen molar-refractivity contribution < 1.29 is 4.74 Å². The number of hydrogen-bond acceptors (Lipinski definition) is 4. The molecule has 0 fully saturated rings. The van der Waals surface area contributed by atoms with Gasteiger partial charge in [-0.2, -0.15) is 9.61 Å². The van der Waals surface area contributed by atoms with Gasteiger partial charge in [0.25, 0.3) is 0 Å². The van der Waals surface area contributed by atoms with Crippen LogP contribution >= 0.6 is 0 Å². The molecule has 2 heterocycles. The zero-order chi connectivity index (χ0) is 14.7. The van der Waals surface area contributed by atoms with Crippen molar-refractivity contribution in [1.82, 2.24) is 14.6 Å². The molecule has 0 radical (unpaired) electrons. The van der Waals surface area contributed by atoms with Crippen molar-refractivity contribution >= 4 is 11.5 Å². The van der Waals surface area contributed by atoms with Crippen LogP contribution in [0.3, 0.4) is 0 Å². The van der Waals surface area contributed by atoms with Crippen LogP contribution in [0, 0.1) is 6.92 Å². The molecule has 0 aliphatic rings. The van der Waals surface area contributed by atoms with Crippen molar-refractivity contribution in [2.75, 3.05) is 11.9 Å². The van der Waals surface area contributed by atoms with Gasteiger partial charge in [0.15, 0.2) is 5.65 Å². The Kier molecular flexibility index (Phi) is 3.73. The van der Waals surface area contributed by atoms with Gasteiger partial charge in [-0.3, -0.25) is 0 Å². The third-order valence-electron chi connectivity index (χ3n) is 3.21. The number of ether oxygens (including phenoxy) is 1. The van der Waals surface area contributed by atoms with Gasteiger partial charge in [-0.1, -0.05) is 12.1 Å². The lowest BCUT2D eigenvalue weighted by atomic mass is 10.2. The molecule has 108 valence electrons. The van der Waals surface area contributed by atoms with Crippen LogP contribution in [0.15, 0.2) is 42.7 Å². The highest BCUT2D eigenvalue weighted by Crippen LogP contribution is 2.17. The zero-order valence-corrected chi connectivity index (χ0v) is 12.2. The Labute approximate surface area is 123 Å². The Balaban J connectivity index is 1.80. The standard InChI is InChI=1S/C16H18N4O/c1-3-21-14-6-4-5-13(9-14)10-17-15-7-12(2)8-16-18-11-19-20(15)16/h4-9,11,17H,3,10H2,1-2H3. The number of anilines is 1. The molecule has 0 spiro atoms. The lowest BCUT2D eigenvalue weighted by Gasteiger charge is -2.10. The highest BCUT2D eigenvalue weighted by atomic mass is 16.5. The minimum Gasteiger partial charge on any atom is -0.494 e. The minimum absolute atomic E-state index is 0.675. The van der Waals surface area contributed by atoms with Crippen LogP contribution in [-0.4, -0.2) is 21.2 Å². The lowest BCUT2D eigenvalue weighted by Crippen LogP contribution is -2.06. The fourth-order valence-corrected chi connectivity index (χ4v) is 2.29. The predicted octanol–water partition coefficient (Wildman–Crippen LogP) is 3.05. The SMILES string of the molecule is CCOc1cccc(CNc2cc(C)cc3ncnn23)c1. The highest BCUT2D eigenvalue weighted by molar-refractivity contribution is 5.51. The summed E-state index contributed by atoms with van der Waals surface area (Å²) in [7, 11) is 0. The maximum Gasteiger partial charge on any atom is 0.157 e. The van der Waals surface area contributed by atoms with Gasteiger partial charge in [0.1, 0.15) is 17.9 Å². The van der Waals surface area contributed by atoms with E-state index in [1.54, 1.807) is 10.8 Å². The molecular weight excluding hydrogens is 264 g/mol. The van der Waals surface area contributed by atoms with Crippen LogP contribution in [0.5, 0.6) is 5.75 Å². The topological polar surface area (TPSA) is 51.5 Å². The van der Waals surface area contributed by atoms with Crippen molar-refractivity contribution in [3.63, 3.8) is 0 Å². The van der Waals surface area contributed by atoms with E-state index in [4.69, 9.17) is 4.74 Å². The van der Waals surface area contributed by atoms with Crippen molar-refractivity contribution in [3.05, 3.63) is 53.9 Å². The second kappa shape index (κ2) is 5.83. The van der Waals surface area contributed by atoms with E-state index in [0.717, 1.165) is 28.3 Å². The fourth-order valence-electron chi connectivity index (χ4n) is 2.29. The molecule has 5 heteroatoms. The van der Waals surface area contributed by atoms with E-state index < -0.39 is 0 Å². The molecule has 3 rings (SSSR count). The van der Waals surface area contributed by atoms with Crippen molar-refractivity contribution in [3.8, 4) is 5.75 Å². The van der Waals surface area contributed by atoms with E-state index >= 15 is 0 Å². The number of nitrogens with one attached hydrogen (secondary N) is 1. The van der Waals surface area contributed by atoms with Gasteiger partial charge in [-0.15, -0.1) is 0 Å². The first kappa shape index (κ1) is 13.4. The number of benzene rings is 1. The van der Waals surface area contributed by atoms with Gasteiger partial charge >= 0.3 is 0 Å². The number of rotatable bonds is 5. The molecule has 0 aliphatic heterocycles. The van der Waals surface area contributed by atoms with Crippen LogP contribution < -0.4 is 10.1 Å². The number of hydrogen-bond donors (Lipinski definition) is 1. The maximum atomic E-state index is 5.52. The third-order valence-corrected chi connectivity index (χ3v) is 3.21. The Morgan fingerprint density at radius 1 is 1.24 bits per heavy atom. The first-order valence-electron chi connectivity index (χ1n) is 7.02. The van der Waals surface area contributed by atoms with Gasteiger partial charge in [0.05, 0.1) is 6.61 Å². The number of pyridine rings is 1. The molecule has 0 amide bonds. The van der Waals surface area contributed by atoms with E-state index in [2.05, 4.69) is 34.5 Å². The second-order valence-corrected chi connectivity index (χ2v) is 4.88. The molecule has 0 aliphatic carbocycles. The monoisotopic (exact) mass is 282 g/mol. The Morgan fingerprint density at radius 2 is 2.14 bits per heavy atom. The summed E-state index contributed by atoms with van der Waals surface area (Å²) in [6, 6.07) is 12.2. The molecule has 1 aromatic carbocycles. The average molecular weight is 282 g/mol. The molecular formula is C16H18N4O. The Hall–Kier alpha value is -2.56. The number of nitrogens with zero attached hydrogens (tertiary/aromatic N) is 3. The van der Waals surface area contributed by atoms with Gasteiger partial charge in [0, 0.05) is 6.54 Å². The molecule has 1 N–H and O–H groups in total. The molecule has 0 atom stereocenters. The van der Waals surface area contributed by atoms with Gasteiger partial charge in [0.2, 0.25) is 0 Å².